The lowest BCUT2D eigenvalue weighted by Gasteiger charge is -2.17. The van der Waals surface area contributed by atoms with E-state index in [-0.39, 0.29) is 5.76 Å². The molecular formula is C20H18N2O4. The number of carbonyl (C=O) groups excluding carboxylic acids is 2. The molecule has 0 aliphatic carbocycles. The summed E-state index contributed by atoms with van der Waals surface area (Å²) in [6.07, 6.45) is -1.12. The summed E-state index contributed by atoms with van der Waals surface area (Å²) in [4.78, 5) is 25.0. The molecule has 1 heterocycles. The molecule has 0 saturated heterocycles. The molecule has 132 valence electrons. The van der Waals surface area contributed by atoms with E-state index in [1.54, 1.807) is 43.3 Å². The molecular weight excluding hydrogens is 332 g/mol. The fourth-order valence-corrected chi connectivity index (χ4v) is 2.37. The molecule has 1 atom stereocenters. The monoisotopic (exact) mass is 350 g/mol. The van der Waals surface area contributed by atoms with Gasteiger partial charge in [0, 0.05) is 17.3 Å². The van der Waals surface area contributed by atoms with E-state index in [9.17, 15) is 9.59 Å². The number of amides is 1. The Kier molecular flexibility index (Phi) is 5.12. The molecule has 1 amide bonds. The van der Waals surface area contributed by atoms with Crippen LogP contribution in [0.3, 0.4) is 0 Å². The second-order valence-electron chi connectivity index (χ2n) is 5.88. The summed E-state index contributed by atoms with van der Waals surface area (Å²) in [5, 5.41) is 6.43. The number of ether oxygens (including phenoxy) is 1. The SMILES string of the molecule is Cc1ccc(NC(=O)[C@H](OC(=O)c2cc(C)no2)c2ccccc2)cc1. The first-order valence-electron chi connectivity index (χ1n) is 8.10. The van der Waals surface area contributed by atoms with Crippen molar-refractivity contribution >= 4 is 17.6 Å². The van der Waals surface area contributed by atoms with Crippen LogP contribution in [0.5, 0.6) is 0 Å². The zero-order chi connectivity index (χ0) is 18.5. The molecule has 0 radical (unpaired) electrons. The first kappa shape index (κ1) is 17.4. The molecule has 0 saturated carbocycles. The van der Waals surface area contributed by atoms with Crippen molar-refractivity contribution in [3.8, 4) is 0 Å². The minimum atomic E-state index is -1.12. The Bertz CT molecular complexity index is 901. The number of aryl methyl sites for hydroxylation is 2. The highest BCUT2D eigenvalue weighted by atomic mass is 16.6. The van der Waals surface area contributed by atoms with Crippen molar-refractivity contribution in [2.45, 2.75) is 20.0 Å². The third-order valence-electron chi connectivity index (χ3n) is 3.71. The Hall–Kier alpha value is -3.41. The number of aromatic nitrogens is 1. The van der Waals surface area contributed by atoms with Crippen LogP contribution in [0.4, 0.5) is 5.69 Å². The van der Waals surface area contributed by atoms with Crippen molar-refractivity contribution in [3.05, 3.63) is 83.2 Å². The largest absolute Gasteiger partial charge is 0.441 e. The molecule has 1 aromatic heterocycles. The van der Waals surface area contributed by atoms with Crippen LogP contribution < -0.4 is 5.32 Å². The Labute approximate surface area is 150 Å². The van der Waals surface area contributed by atoms with Crippen LogP contribution in [0.25, 0.3) is 0 Å². The standard InChI is InChI=1S/C20H18N2O4/c1-13-8-10-16(11-9-13)21-19(23)18(15-6-4-3-5-7-15)25-20(24)17-12-14(2)22-26-17/h3-12,18H,1-2H3,(H,21,23)/t18-/m1/s1. The number of hydrogen-bond donors (Lipinski definition) is 1. The van der Waals surface area contributed by atoms with Gasteiger partial charge in [0.1, 0.15) is 0 Å². The van der Waals surface area contributed by atoms with Crippen molar-refractivity contribution < 1.29 is 18.8 Å². The summed E-state index contributed by atoms with van der Waals surface area (Å²) in [5.74, 6) is -1.25. The van der Waals surface area contributed by atoms with Crippen LogP contribution in [0.1, 0.15) is 33.5 Å². The van der Waals surface area contributed by atoms with E-state index in [0.717, 1.165) is 5.56 Å². The Morgan fingerprint density at radius 2 is 1.73 bits per heavy atom. The summed E-state index contributed by atoms with van der Waals surface area (Å²) < 4.78 is 10.3. The summed E-state index contributed by atoms with van der Waals surface area (Å²) in [6, 6.07) is 17.6. The summed E-state index contributed by atoms with van der Waals surface area (Å²) >= 11 is 0. The average Bonchev–Trinajstić information content (AvgIpc) is 3.08. The number of anilines is 1. The summed E-state index contributed by atoms with van der Waals surface area (Å²) in [7, 11) is 0. The van der Waals surface area contributed by atoms with Gasteiger partial charge in [0.05, 0.1) is 5.69 Å². The third kappa shape index (κ3) is 4.16. The molecule has 0 aliphatic heterocycles. The molecule has 0 aliphatic rings. The van der Waals surface area contributed by atoms with E-state index in [4.69, 9.17) is 9.26 Å². The van der Waals surface area contributed by atoms with Gasteiger partial charge in [-0.05, 0) is 26.0 Å². The summed E-state index contributed by atoms with van der Waals surface area (Å²) in [6.45, 7) is 3.65. The predicted octanol–water partition coefficient (Wildman–Crippen LogP) is 3.83. The number of nitrogens with zero attached hydrogens (tertiary/aromatic N) is 1. The molecule has 0 fully saturated rings. The number of benzene rings is 2. The second-order valence-corrected chi connectivity index (χ2v) is 5.88. The lowest BCUT2D eigenvalue weighted by atomic mass is 10.1. The van der Waals surface area contributed by atoms with Crippen molar-refractivity contribution in [2.24, 2.45) is 0 Å². The van der Waals surface area contributed by atoms with E-state index in [0.29, 0.717) is 16.9 Å². The highest BCUT2D eigenvalue weighted by molar-refractivity contribution is 5.97. The van der Waals surface area contributed by atoms with Gasteiger partial charge in [0.2, 0.25) is 11.9 Å². The molecule has 2 aromatic carbocycles. The first-order valence-corrected chi connectivity index (χ1v) is 8.10. The molecule has 0 spiro atoms. The Balaban J connectivity index is 1.82. The van der Waals surface area contributed by atoms with Crippen molar-refractivity contribution in [2.75, 3.05) is 5.32 Å². The molecule has 26 heavy (non-hydrogen) atoms. The fourth-order valence-electron chi connectivity index (χ4n) is 2.37. The third-order valence-corrected chi connectivity index (χ3v) is 3.71. The van der Waals surface area contributed by atoms with Crippen LogP contribution in [-0.2, 0) is 9.53 Å². The summed E-state index contributed by atoms with van der Waals surface area (Å²) in [5.41, 5.74) is 2.81. The number of nitrogens with one attached hydrogen (secondary N) is 1. The highest BCUT2D eigenvalue weighted by Gasteiger charge is 2.27. The fraction of sp³-hybridized carbons (Fsp3) is 0.150. The maximum absolute atomic E-state index is 12.7. The van der Waals surface area contributed by atoms with Gasteiger partial charge in [0.15, 0.2) is 0 Å². The zero-order valence-electron chi connectivity index (χ0n) is 14.4. The highest BCUT2D eigenvalue weighted by Crippen LogP contribution is 2.22. The van der Waals surface area contributed by atoms with Gasteiger partial charge in [-0.1, -0.05) is 53.2 Å². The van der Waals surface area contributed by atoms with Crippen LogP contribution in [-0.4, -0.2) is 17.0 Å². The number of carbonyl (C=O) groups is 2. The Morgan fingerprint density at radius 3 is 2.35 bits per heavy atom. The molecule has 1 N–H and O–H groups in total. The second kappa shape index (κ2) is 7.65. The van der Waals surface area contributed by atoms with Crippen molar-refractivity contribution in [1.82, 2.24) is 5.16 Å². The van der Waals surface area contributed by atoms with E-state index in [1.807, 2.05) is 25.1 Å². The lowest BCUT2D eigenvalue weighted by molar-refractivity contribution is -0.125. The zero-order valence-corrected chi connectivity index (χ0v) is 14.4. The van der Waals surface area contributed by atoms with Crippen molar-refractivity contribution in [3.63, 3.8) is 0 Å². The minimum absolute atomic E-state index is 0.0495. The van der Waals surface area contributed by atoms with Gasteiger partial charge < -0.3 is 14.6 Å². The van der Waals surface area contributed by atoms with Crippen LogP contribution >= 0.6 is 0 Å². The van der Waals surface area contributed by atoms with Gasteiger partial charge in [0.25, 0.3) is 5.91 Å². The van der Waals surface area contributed by atoms with Gasteiger partial charge >= 0.3 is 5.97 Å². The van der Waals surface area contributed by atoms with Crippen molar-refractivity contribution in [1.29, 1.82) is 0 Å². The van der Waals surface area contributed by atoms with Gasteiger partial charge in [-0.2, -0.15) is 0 Å². The molecule has 0 bridgehead atoms. The van der Waals surface area contributed by atoms with Crippen LogP contribution in [0.2, 0.25) is 0 Å². The van der Waals surface area contributed by atoms with E-state index >= 15 is 0 Å². The van der Waals surface area contributed by atoms with Gasteiger partial charge in [-0.3, -0.25) is 4.79 Å². The van der Waals surface area contributed by atoms with Gasteiger partial charge in [-0.15, -0.1) is 0 Å². The molecule has 6 nitrogen and oxygen atoms in total. The molecule has 3 rings (SSSR count). The molecule has 0 unspecified atom stereocenters. The number of rotatable bonds is 5. The molecule has 3 aromatic rings. The number of hydrogen-bond acceptors (Lipinski definition) is 5. The normalized spacial score (nSPS) is 11.6. The maximum atomic E-state index is 12.7. The van der Waals surface area contributed by atoms with Gasteiger partial charge in [-0.25, -0.2) is 4.79 Å². The van der Waals surface area contributed by atoms with Crippen LogP contribution in [0.15, 0.2) is 65.2 Å². The smallest absolute Gasteiger partial charge is 0.378 e. The predicted molar refractivity (Wildman–Crippen MR) is 95.6 cm³/mol. The average molecular weight is 350 g/mol. The quantitative estimate of drug-likeness (QED) is 0.707. The maximum Gasteiger partial charge on any atom is 0.378 e. The lowest BCUT2D eigenvalue weighted by Crippen LogP contribution is -2.25. The first-order chi connectivity index (χ1) is 12.5. The van der Waals surface area contributed by atoms with E-state index in [2.05, 4.69) is 10.5 Å². The molecule has 6 heteroatoms. The van der Waals surface area contributed by atoms with Crippen LogP contribution in [0, 0.1) is 13.8 Å². The Morgan fingerprint density at radius 1 is 1.04 bits per heavy atom. The number of esters is 1. The topological polar surface area (TPSA) is 81.4 Å². The van der Waals surface area contributed by atoms with E-state index < -0.39 is 18.0 Å². The van der Waals surface area contributed by atoms with E-state index in [1.165, 1.54) is 6.07 Å². The minimum Gasteiger partial charge on any atom is -0.441 e.